The Morgan fingerprint density at radius 2 is 1.27 bits per heavy atom. The van der Waals surface area contributed by atoms with E-state index < -0.39 is 7.82 Å². The predicted octanol–water partition coefficient (Wildman–Crippen LogP) is 6.60. The van der Waals surface area contributed by atoms with Crippen molar-refractivity contribution in [2.45, 2.75) is 128 Å². The summed E-state index contributed by atoms with van der Waals surface area (Å²) >= 11 is 0. The minimum Gasteiger partial charge on any atom is -0.756 e. The van der Waals surface area contributed by atoms with Gasteiger partial charge in [-0.3, -0.25) is 4.57 Å². The van der Waals surface area contributed by atoms with E-state index in [0.29, 0.717) is 0 Å². The molecule has 5 nitrogen and oxygen atoms in total. The van der Waals surface area contributed by atoms with Crippen molar-refractivity contribution in [3.8, 4) is 0 Å². The molecule has 1 unspecified atom stereocenters. The first kappa shape index (κ1) is 28.1. The van der Waals surface area contributed by atoms with E-state index in [9.17, 15) is 9.46 Å². The molecule has 0 heterocycles. The van der Waals surface area contributed by atoms with Gasteiger partial charge in [0, 0.05) is 6.42 Å². The van der Waals surface area contributed by atoms with Crippen LogP contribution < -0.4 is 4.89 Å². The van der Waals surface area contributed by atoms with E-state index >= 15 is 0 Å². The zero-order chi connectivity index (χ0) is 22.3. The highest BCUT2D eigenvalue weighted by atomic mass is 31.2. The van der Waals surface area contributed by atoms with Crippen molar-refractivity contribution in [1.29, 1.82) is 0 Å². The molecule has 1 aliphatic carbocycles. The van der Waals surface area contributed by atoms with E-state index in [1.165, 1.54) is 70.6 Å². The van der Waals surface area contributed by atoms with Gasteiger partial charge < -0.3 is 18.4 Å². The second-order valence-corrected chi connectivity index (χ2v) is 11.5. The summed E-state index contributed by atoms with van der Waals surface area (Å²) in [5.41, 5.74) is 0. The van der Waals surface area contributed by atoms with E-state index in [1.807, 2.05) is 0 Å². The Bertz CT molecular complexity index is 467. The van der Waals surface area contributed by atoms with E-state index in [0.717, 1.165) is 43.0 Å². The molecule has 1 aliphatic rings. The van der Waals surface area contributed by atoms with Crippen LogP contribution in [0.2, 0.25) is 0 Å². The zero-order valence-corrected chi connectivity index (χ0v) is 21.3. The van der Waals surface area contributed by atoms with Crippen LogP contribution in [0, 0.1) is 0 Å². The molecule has 0 aromatic rings. The third kappa shape index (κ3) is 13.5. The molecule has 0 saturated heterocycles. The minimum atomic E-state index is -4.20. The number of likely N-dealkylation sites (N-methyl/N-ethyl adjacent to an activating group) is 1. The number of phosphoric ester groups is 1. The summed E-state index contributed by atoms with van der Waals surface area (Å²) in [7, 11) is 2.09. The van der Waals surface area contributed by atoms with Crippen molar-refractivity contribution < 1.29 is 23.0 Å². The van der Waals surface area contributed by atoms with Gasteiger partial charge in [-0.05, 0) is 19.3 Å². The van der Waals surface area contributed by atoms with Crippen LogP contribution in [-0.2, 0) is 13.6 Å². The molecule has 0 spiro atoms. The van der Waals surface area contributed by atoms with Crippen LogP contribution in [0.3, 0.4) is 0 Å². The molecule has 30 heavy (non-hydrogen) atoms. The summed E-state index contributed by atoms with van der Waals surface area (Å²) in [5, 5.41) is 0. The van der Waals surface area contributed by atoms with Gasteiger partial charge >= 0.3 is 0 Å². The van der Waals surface area contributed by atoms with Gasteiger partial charge in [-0.2, -0.15) is 0 Å². The van der Waals surface area contributed by atoms with Gasteiger partial charge in [0.25, 0.3) is 7.82 Å². The van der Waals surface area contributed by atoms with E-state index in [2.05, 4.69) is 28.1 Å². The minimum absolute atomic E-state index is 0.219. The highest BCUT2D eigenvalue weighted by Crippen LogP contribution is 2.44. The number of unbranched alkanes of at least 4 members (excludes halogenated alkanes) is 13. The third-order valence-electron chi connectivity index (χ3n) is 6.42. The number of rotatable bonds is 19. The maximum atomic E-state index is 12.2. The Kier molecular flexibility index (Phi) is 14.8. The average Bonchev–Trinajstić information content (AvgIpc) is 3.12. The molecule has 1 fully saturated rings. The van der Waals surface area contributed by atoms with E-state index in [4.69, 9.17) is 9.05 Å². The lowest BCUT2D eigenvalue weighted by atomic mass is 10.0. The molecule has 6 heteroatoms. The summed E-state index contributed by atoms with van der Waals surface area (Å²) in [6, 6.07) is 0.219. The van der Waals surface area contributed by atoms with Crippen molar-refractivity contribution in [2.24, 2.45) is 0 Å². The van der Waals surface area contributed by atoms with Gasteiger partial charge in [0.2, 0.25) is 0 Å². The molecule has 3 atom stereocenters. The molecule has 180 valence electrons. The van der Waals surface area contributed by atoms with Crippen LogP contribution in [-0.4, -0.2) is 44.4 Å². The van der Waals surface area contributed by atoms with Crippen LogP contribution in [0.5, 0.6) is 0 Å². The zero-order valence-electron chi connectivity index (χ0n) is 20.4. The lowest BCUT2D eigenvalue weighted by molar-refractivity contribution is -0.898. The largest absolute Gasteiger partial charge is 0.756 e. The van der Waals surface area contributed by atoms with Gasteiger partial charge in [-0.25, -0.2) is 0 Å². The molecule has 0 radical (unpaired) electrons. The number of nitrogens with zero attached hydrogens (tertiary/aromatic N) is 1. The standard InChI is InChI=1S/C24H50NO4P/c1-5-6-7-8-9-10-11-12-13-14-15-16-17-18-22-28-30(26,27)29-24-21-19-20-23(24)25(2,3)4/h23-24H,5-22H2,1-4H3/t23-,24-/m1/s1. The van der Waals surface area contributed by atoms with Gasteiger partial charge in [0.05, 0.1) is 27.7 Å². The average molecular weight is 448 g/mol. The molecular weight excluding hydrogens is 397 g/mol. The molecule has 0 aliphatic heterocycles. The highest BCUT2D eigenvalue weighted by Gasteiger charge is 2.39. The predicted molar refractivity (Wildman–Crippen MR) is 124 cm³/mol. The number of phosphoric acid groups is 1. The Morgan fingerprint density at radius 3 is 1.73 bits per heavy atom. The van der Waals surface area contributed by atoms with Crippen LogP contribution in [0.25, 0.3) is 0 Å². The molecular formula is C24H50NO4P. The normalized spacial score (nSPS) is 21.8. The van der Waals surface area contributed by atoms with Gasteiger partial charge in [-0.15, -0.1) is 0 Å². The summed E-state index contributed by atoms with van der Waals surface area (Å²) in [6.07, 6.45) is 20.5. The van der Waals surface area contributed by atoms with Crippen molar-refractivity contribution in [2.75, 3.05) is 27.7 Å². The van der Waals surface area contributed by atoms with Crippen LogP contribution >= 0.6 is 7.82 Å². The lowest BCUT2D eigenvalue weighted by Crippen LogP contribution is -2.49. The second-order valence-electron chi connectivity index (χ2n) is 10.1. The fourth-order valence-corrected chi connectivity index (χ4v) is 5.58. The summed E-state index contributed by atoms with van der Waals surface area (Å²) in [6.45, 7) is 2.52. The SMILES string of the molecule is CCCCCCCCCCCCCCCCOP(=O)([O-])O[C@@H]1CCC[C@H]1[N+](C)(C)C. The highest BCUT2D eigenvalue weighted by molar-refractivity contribution is 7.45. The first-order valence-electron chi connectivity index (χ1n) is 12.7. The van der Waals surface area contributed by atoms with Crippen LogP contribution in [0.4, 0.5) is 0 Å². The first-order valence-corrected chi connectivity index (χ1v) is 14.2. The number of quaternary nitrogens is 1. The van der Waals surface area contributed by atoms with Crippen LogP contribution in [0.1, 0.15) is 116 Å². The van der Waals surface area contributed by atoms with E-state index in [1.54, 1.807) is 0 Å². The monoisotopic (exact) mass is 447 g/mol. The van der Waals surface area contributed by atoms with Gasteiger partial charge in [-0.1, -0.05) is 90.4 Å². The first-order chi connectivity index (χ1) is 14.3. The number of hydrogen-bond donors (Lipinski definition) is 0. The molecule has 0 N–H and O–H groups in total. The van der Waals surface area contributed by atoms with Crippen molar-refractivity contribution in [3.05, 3.63) is 0 Å². The Balaban J connectivity index is 1.95. The molecule has 0 aromatic heterocycles. The Morgan fingerprint density at radius 1 is 0.800 bits per heavy atom. The van der Waals surface area contributed by atoms with Crippen molar-refractivity contribution >= 4 is 7.82 Å². The van der Waals surface area contributed by atoms with Crippen molar-refractivity contribution in [3.63, 3.8) is 0 Å². The van der Waals surface area contributed by atoms with Crippen LogP contribution in [0.15, 0.2) is 0 Å². The van der Waals surface area contributed by atoms with Gasteiger partial charge in [0.15, 0.2) is 0 Å². The number of hydrogen-bond acceptors (Lipinski definition) is 4. The Labute approximate surface area is 187 Å². The fraction of sp³-hybridized carbons (Fsp3) is 1.00. The molecule has 0 amide bonds. The summed E-state index contributed by atoms with van der Waals surface area (Å²) in [5.74, 6) is 0. The second kappa shape index (κ2) is 15.8. The summed E-state index contributed by atoms with van der Waals surface area (Å²) in [4.78, 5) is 12.2. The fourth-order valence-electron chi connectivity index (χ4n) is 4.58. The quantitative estimate of drug-likeness (QED) is 0.127. The maximum absolute atomic E-state index is 12.2. The third-order valence-corrected chi connectivity index (χ3v) is 7.45. The van der Waals surface area contributed by atoms with Crippen molar-refractivity contribution in [1.82, 2.24) is 0 Å². The summed E-state index contributed by atoms with van der Waals surface area (Å²) < 4.78 is 23.4. The smallest absolute Gasteiger partial charge is 0.268 e. The van der Waals surface area contributed by atoms with E-state index in [-0.39, 0.29) is 18.8 Å². The molecule has 0 bridgehead atoms. The molecule has 1 saturated carbocycles. The maximum Gasteiger partial charge on any atom is 0.268 e. The topological polar surface area (TPSA) is 58.6 Å². The van der Waals surface area contributed by atoms with Gasteiger partial charge in [0.1, 0.15) is 12.1 Å². The molecule has 0 aromatic carbocycles. The Hall–Kier alpha value is 0.0700. The lowest BCUT2D eigenvalue weighted by Gasteiger charge is -2.37. The molecule has 1 rings (SSSR count).